The highest BCUT2D eigenvalue weighted by molar-refractivity contribution is 4.82. The first kappa shape index (κ1) is 16.3. The van der Waals surface area contributed by atoms with Gasteiger partial charge >= 0.3 is 0 Å². The van der Waals surface area contributed by atoms with Gasteiger partial charge in [-0.05, 0) is 56.8 Å². The fourth-order valence-electron chi connectivity index (χ4n) is 4.63. The number of rotatable bonds is 7. The average molecular weight is 280 g/mol. The van der Waals surface area contributed by atoms with Gasteiger partial charge in [-0.25, -0.2) is 0 Å². The summed E-state index contributed by atoms with van der Waals surface area (Å²) in [6, 6.07) is 0. The fraction of sp³-hybridized carbons (Fsp3) is 1.00. The van der Waals surface area contributed by atoms with Crippen LogP contribution in [0.3, 0.4) is 0 Å². The number of ether oxygens (including phenoxy) is 1. The first-order valence-electron chi connectivity index (χ1n) is 9.45. The zero-order valence-corrected chi connectivity index (χ0v) is 13.9. The van der Waals surface area contributed by atoms with Gasteiger partial charge in [0.15, 0.2) is 0 Å². The van der Waals surface area contributed by atoms with Crippen molar-refractivity contribution < 1.29 is 4.74 Å². The Balaban J connectivity index is 1.67. The fourth-order valence-corrected chi connectivity index (χ4v) is 4.63. The predicted molar refractivity (Wildman–Crippen MR) is 87.0 cm³/mol. The van der Waals surface area contributed by atoms with Crippen LogP contribution in [0, 0.1) is 17.8 Å². The summed E-state index contributed by atoms with van der Waals surface area (Å²) in [4.78, 5) is 0. The molecule has 0 unspecified atom stereocenters. The molecule has 0 aromatic carbocycles. The van der Waals surface area contributed by atoms with E-state index in [9.17, 15) is 0 Å². The standard InChI is InChI=1S/C19H36O/c1-3-5-6-8-16-11-13-17(14-12-16)18-9-7-10-19(15-18)20-4-2/h16-19H,3-15H2,1-2H3/t16-,17+,18-,19-/m1/s1. The maximum Gasteiger partial charge on any atom is 0.0577 e. The molecule has 0 aliphatic heterocycles. The Bertz CT molecular complexity index is 240. The minimum absolute atomic E-state index is 0.584. The number of hydrogen-bond acceptors (Lipinski definition) is 1. The summed E-state index contributed by atoms with van der Waals surface area (Å²) in [5.74, 6) is 3.07. The molecule has 2 aliphatic carbocycles. The molecular formula is C19H36O. The Morgan fingerprint density at radius 1 is 0.850 bits per heavy atom. The van der Waals surface area contributed by atoms with Crippen molar-refractivity contribution in [2.45, 2.75) is 97.0 Å². The lowest BCUT2D eigenvalue weighted by molar-refractivity contribution is 0.00394. The molecule has 0 spiro atoms. The van der Waals surface area contributed by atoms with Crippen molar-refractivity contribution in [2.75, 3.05) is 6.61 Å². The Kier molecular flexibility index (Phi) is 7.41. The zero-order valence-electron chi connectivity index (χ0n) is 13.9. The second-order valence-electron chi connectivity index (χ2n) is 7.28. The van der Waals surface area contributed by atoms with Gasteiger partial charge in [-0.15, -0.1) is 0 Å². The van der Waals surface area contributed by atoms with Crippen molar-refractivity contribution in [3.05, 3.63) is 0 Å². The zero-order chi connectivity index (χ0) is 14.2. The molecule has 2 saturated carbocycles. The van der Waals surface area contributed by atoms with Gasteiger partial charge in [0.25, 0.3) is 0 Å². The van der Waals surface area contributed by atoms with Crippen molar-refractivity contribution in [1.29, 1.82) is 0 Å². The molecule has 0 N–H and O–H groups in total. The summed E-state index contributed by atoms with van der Waals surface area (Å²) in [6.45, 7) is 5.36. The Morgan fingerprint density at radius 2 is 1.65 bits per heavy atom. The van der Waals surface area contributed by atoms with E-state index in [1.54, 1.807) is 0 Å². The minimum Gasteiger partial charge on any atom is -0.378 e. The molecule has 2 rings (SSSR count). The Hall–Kier alpha value is -0.0400. The monoisotopic (exact) mass is 280 g/mol. The minimum atomic E-state index is 0.584. The van der Waals surface area contributed by atoms with Gasteiger partial charge in [0.05, 0.1) is 6.10 Å². The summed E-state index contributed by atoms with van der Waals surface area (Å²) in [5.41, 5.74) is 0. The van der Waals surface area contributed by atoms with Crippen LogP contribution in [0.15, 0.2) is 0 Å². The lowest BCUT2D eigenvalue weighted by Crippen LogP contribution is -2.30. The summed E-state index contributed by atoms with van der Waals surface area (Å²) >= 11 is 0. The van der Waals surface area contributed by atoms with Gasteiger partial charge < -0.3 is 4.74 Å². The van der Waals surface area contributed by atoms with Gasteiger partial charge in [0.1, 0.15) is 0 Å². The molecule has 0 heterocycles. The largest absolute Gasteiger partial charge is 0.378 e. The normalized spacial score (nSPS) is 35.1. The van der Waals surface area contributed by atoms with Crippen LogP contribution >= 0.6 is 0 Å². The van der Waals surface area contributed by atoms with Crippen LogP contribution in [0.5, 0.6) is 0 Å². The van der Waals surface area contributed by atoms with Crippen LogP contribution in [0.4, 0.5) is 0 Å². The summed E-state index contributed by atoms with van der Waals surface area (Å²) in [5, 5.41) is 0. The second kappa shape index (κ2) is 9.07. The topological polar surface area (TPSA) is 9.23 Å². The van der Waals surface area contributed by atoms with Gasteiger partial charge in [-0.3, -0.25) is 0 Å². The van der Waals surface area contributed by atoms with Gasteiger partial charge in [0, 0.05) is 6.61 Å². The highest BCUT2D eigenvalue weighted by Gasteiger charge is 2.31. The van der Waals surface area contributed by atoms with Crippen LogP contribution in [0.1, 0.15) is 90.9 Å². The van der Waals surface area contributed by atoms with E-state index in [1.165, 1.54) is 77.0 Å². The molecule has 0 aromatic rings. The lowest BCUT2D eigenvalue weighted by Gasteiger charge is -2.38. The van der Waals surface area contributed by atoms with Crippen LogP contribution in [-0.2, 0) is 4.74 Å². The molecule has 2 atom stereocenters. The third-order valence-electron chi connectivity index (χ3n) is 5.84. The smallest absolute Gasteiger partial charge is 0.0577 e. The summed E-state index contributed by atoms with van der Waals surface area (Å²) < 4.78 is 5.89. The molecule has 2 aliphatic rings. The molecule has 2 fully saturated rings. The van der Waals surface area contributed by atoms with E-state index >= 15 is 0 Å². The van der Waals surface area contributed by atoms with E-state index in [4.69, 9.17) is 4.74 Å². The van der Waals surface area contributed by atoms with E-state index in [0.717, 1.165) is 24.4 Å². The van der Waals surface area contributed by atoms with Crippen LogP contribution in [-0.4, -0.2) is 12.7 Å². The third kappa shape index (κ3) is 5.06. The molecular weight excluding hydrogens is 244 g/mol. The van der Waals surface area contributed by atoms with Crippen LogP contribution in [0.25, 0.3) is 0 Å². The lowest BCUT2D eigenvalue weighted by atomic mass is 9.70. The number of unbranched alkanes of at least 4 members (excludes halogenated alkanes) is 2. The van der Waals surface area contributed by atoms with Gasteiger partial charge in [-0.1, -0.05) is 51.9 Å². The third-order valence-corrected chi connectivity index (χ3v) is 5.84. The van der Waals surface area contributed by atoms with Crippen molar-refractivity contribution in [2.24, 2.45) is 17.8 Å². The number of hydrogen-bond donors (Lipinski definition) is 0. The summed E-state index contributed by atoms with van der Waals surface area (Å²) in [7, 11) is 0. The molecule has 0 radical (unpaired) electrons. The van der Waals surface area contributed by atoms with Crippen LogP contribution in [0.2, 0.25) is 0 Å². The SMILES string of the molecule is CCCCC[C@H]1CC[C@@H]([C@@H]2CCC[C@@H](OCC)C2)CC1. The Morgan fingerprint density at radius 3 is 2.35 bits per heavy atom. The van der Waals surface area contributed by atoms with Gasteiger partial charge in [-0.2, -0.15) is 0 Å². The quantitative estimate of drug-likeness (QED) is 0.522. The molecule has 0 bridgehead atoms. The van der Waals surface area contributed by atoms with Crippen LogP contribution < -0.4 is 0 Å². The maximum atomic E-state index is 5.89. The van der Waals surface area contributed by atoms with E-state index in [0.29, 0.717) is 6.10 Å². The average Bonchev–Trinajstić information content (AvgIpc) is 2.49. The maximum absolute atomic E-state index is 5.89. The molecule has 0 aromatic heterocycles. The van der Waals surface area contributed by atoms with Crippen molar-refractivity contribution >= 4 is 0 Å². The molecule has 0 saturated heterocycles. The van der Waals surface area contributed by atoms with E-state index < -0.39 is 0 Å². The molecule has 20 heavy (non-hydrogen) atoms. The molecule has 1 heteroatoms. The molecule has 0 amide bonds. The molecule has 1 nitrogen and oxygen atoms in total. The summed E-state index contributed by atoms with van der Waals surface area (Å²) in [6.07, 6.45) is 18.0. The van der Waals surface area contributed by atoms with Crippen molar-refractivity contribution in [3.63, 3.8) is 0 Å². The van der Waals surface area contributed by atoms with Crippen molar-refractivity contribution in [3.8, 4) is 0 Å². The first-order valence-corrected chi connectivity index (χ1v) is 9.45. The van der Waals surface area contributed by atoms with E-state index in [-0.39, 0.29) is 0 Å². The van der Waals surface area contributed by atoms with E-state index in [2.05, 4.69) is 13.8 Å². The Labute approximate surface area is 126 Å². The molecule has 118 valence electrons. The van der Waals surface area contributed by atoms with Crippen molar-refractivity contribution in [1.82, 2.24) is 0 Å². The second-order valence-corrected chi connectivity index (χ2v) is 7.28. The predicted octanol–water partition coefficient (Wildman–Crippen LogP) is 5.97. The van der Waals surface area contributed by atoms with E-state index in [1.807, 2.05) is 0 Å². The first-order chi connectivity index (χ1) is 9.83. The highest BCUT2D eigenvalue weighted by atomic mass is 16.5. The van der Waals surface area contributed by atoms with Gasteiger partial charge in [0.2, 0.25) is 0 Å². The highest BCUT2D eigenvalue weighted by Crippen LogP contribution is 2.41.